The number of rotatable bonds is 6. The highest BCUT2D eigenvalue weighted by Crippen LogP contribution is 2.22. The minimum atomic E-state index is -0.721. The predicted octanol–water partition coefficient (Wildman–Crippen LogP) is 3.52. The molecule has 0 saturated carbocycles. The highest BCUT2D eigenvalue weighted by Gasteiger charge is 2.25. The van der Waals surface area contributed by atoms with Crippen LogP contribution in [0.2, 0.25) is 5.02 Å². The second-order valence-electron chi connectivity index (χ2n) is 7.05. The molecule has 3 rings (SSSR count). The Morgan fingerprint density at radius 3 is 2.42 bits per heavy atom. The molecular formula is C21H21ClFN3O5. The van der Waals surface area contributed by atoms with Gasteiger partial charge in [0, 0.05) is 55.4 Å². The van der Waals surface area contributed by atoms with E-state index in [9.17, 15) is 24.1 Å². The molecule has 10 heteroatoms. The summed E-state index contributed by atoms with van der Waals surface area (Å²) in [7, 11) is 0. The lowest BCUT2D eigenvalue weighted by atomic mass is 10.1. The standard InChI is InChI=1S/C21H21ClFN3O5/c1-2-31-21(28)16-9-15(10-18(11-16)26(29)30)20(27)25-7-5-24(6-8-25)13-14-3-4-17(23)12-19(14)22/h3-4,9-12H,2,5-8,13H2,1H3. The molecule has 0 spiro atoms. The number of hydrogen-bond acceptors (Lipinski definition) is 6. The highest BCUT2D eigenvalue weighted by atomic mass is 35.5. The van der Waals surface area contributed by atoms with Crippen molar-refractivity contribution in [1.29, 1.82) is 0 Å². The van der Waals surface area contributed by atoms with Crippen LogP contribution in [-0.4, -0.2) is 59.4 Å². The van der Waals surface area contributed by atoms with Crippen LogP contribution in [0.25, 0.3) is 0 Å². The number of nitrogens with zero attached hydrogens (tertiary/aromatic N) is 3. The van der Waals surface area contributed by atoms with Gasteiger partial charge < -0.3 is 9.64 Å². The van der Waals surface area contributed by atoms with Gasteiger partial charge in [0.2, 0.25) is 0 Å². The molecular weight excluding hydrogens is 429 g/mol. The van der Waals surface area contributed by atoms with E-state index < -0.39 is 22.6 Å². The largest absolute Gasteiger partial charge is 0.462 e. The molecule has 31 heavy (non-hydrogen) atoms. The Balaban J connectivity index is 1.69. The number of piperazine rings is 1. The van der Waals surface area contributed by atoms with E-state index >= 15 is 0 Å². The zero-order valence-corrected chi connectivity index (χ0v) is 17.6. The number of hydrogen-bond donors (Lipinski definition) is 0. The maximum Gasteiger partial charge on any atom is 0.338 e. The van der Waals surface area contributed by atoms with Gasteiger partial charge in [0.1, 0.15) is 5.82 Å². The third-order valence-corrected chi connectivity index (χ3v) is 5.31. The van der Waals surface area contributed by atoms with Crippen molar-refractivity contribution in [3.8, 4) is 0 Å². The number of amides is 1. The smallest absolute Gasteiger partial charge is 0.338 e. The quantitative estimate of drug-likeness (QED) is 0.380. The lowest BCUT2D eigenvalue weighted by molar-refractivity contribution is -0.384. The van der Waals surface area contributed by atoms with Crippen molar-refractivity contribution >= 4 is 29.2 Å². The fraction of sp³-hybridized carbons (Fsp3) is 0.333. The summed E-state index contributed by atoms with van der Waals surface area (Å²) in [5.74, 6) is -1.52. The van der Waals surface area contributed by atoms with Crippen molar-refractivity contribution in [1.82, 2.24) is 9.80 Å². The van der Waals surface area contributed by atoms with Crippen molar-refractivity contribution in [2.24, 2.45) is 0 Å². The minimum Gasteiger partial charge on any atom is -0.462 e. The normalized spacial score (nSPS) is 14.4. The van der Waals surface area contributed by atoms with E-state index in [1.165, 1.54) is 18.2 Å². The van der Waals surface area contributed by atoms with Crippen LogP contribution in [0.3, 0.4) is 0 Å². The average Bonchev–Trinajstić information content (AvgIpc) is 2.75. The number of carbonyl (C=O) groups is 2. The Morgan fingerprint density at radius 2 is 1.81 bits per heavy atom. The van der Waals surface area contributed by atoms with E-state index in [1.807, 2.05) is 0 Å². The maximum atomic E-state index is 13.2. The number of nitro groups is 1. The third-order valence-electron chi connectivity index (χ3n) is 4.96. The Bertz CT molecular complexity index is 1010. The number of nitro benzene ring substituents is 1. The first-order valence-electron chi connectivity index (χ1n) is 9.70. The second kappa shape index (κ2) is 9.84. The summed E-state index contributed by atoms with van der Waals surface area (Å²) < 4.78 is 18.1. The van der Waals surface area contributed by atoms with Gasteiger partial charge in [0.25, 0.3) is 11.6 Å². The van der Waals surface area contributed by atoms with Gasteiger partial charge in [0.15, 0.2) is 0 Å². The topological polar surface area (TPSA) is 93.0 Å². The zero-order chi connectivity index (χ0) is 22.5. The Labute approximate surface area is 183 Å². The molecule has 1 amide bonds. The first kappa shape index (κ1) is 22.6. The molecule has 0 N–H and O–H groups in total. The molecule has 164 valence electrons. The van der Waals surface area contributed by atoms with Crippen molar-refractivity contribution in [3.63, 3.8) is 0 Å². The van der Waals surface area contributed by atoms with Gasteiger partial charge in [-0.3, -0.25) is 19.8 Å². The first-order chi connectivity index (χ1) is 14.8. The average molecular weight is 450 g/mol. The number of carbonyl (C=O) groups excluding carboxylic acids is 2. The van der Waals surface area contributed by atoms with Crippen molar-refractivity contribution in [2.75, 3.05) is 32.8 Å². The fourth-order valence-electron chi connectivity index (χ4n) is 3.35. The van der Waals surface area contributed by atoms with Crippen molar-refractivity contribution < 1.29 is 23.6 Å². The van der Waals surface area contributed by atoms with Gasteiger partial charge in [-0.1, -0.05) is 17.7 Å². The monoisotopic (exact) mass is 449 g/mol. The van der Waals surface area contributed by atoms with Crippen LogP contribution in [0.5, 0.6) is 0 Å². The van der Waals surface area contributed by atoms with E-state index in [4.69, 9.17) is 16.3 Å². The van der Waals surface area contributed by atoms with Crippen molar-refractivity contribution in [2.45, 2.75) is 13.5 Å². The van der Waals surface area contributed by atoms with Crippen LogP contribution < -0.4 is 0 Å². The molecule has 0 aliphatic carbocycles. The molecule has 1 aliphatic heterocycles. The van der Waals surface area contributed by atoms with Crippen LogP contribution in [0.1, 0.15) is 33.2 Å². The van der Waals surface area contributed by atoms with E-state index in [1.54, 1.807) is 17.9 Å². The van der Waals surface area contributed by atoms with Crippen LogP contribution in [0.15, 0.2) is 36.4 Å². The predicted molar refractivity (Wildman–Crippen MR) is 112 cm³/mol. The van der Waals surface area contributed by atoms with Crippen LogP contribution in [0.4, 0.5) is 10.1 Å². The van der Waals surface area contributed by atoms with Gasteiger partial charge in [-0.15, -0.1) is 0 Å². The summed E-state index contributed by atoms with van der Waals surface area (Å²) in [6, 6.07) is 7.83. The van der Waals surface area contributed by atoms with Gasteiger partial charge in [-0.05, 0) is 30.7 Å². The number of ether oxygens (including phenoxy) is 1. The number of non-ortho nitro benzene ring substituents is 1. The number of halogens is 2. The molecule has 0 unspecified atom stereocenters. The molecule has 1 heterocycles. The summed E-state index contributed by atoms with van der Waals surface area (Å²) in [5.41, 5.74) is 0.468. The molecule has 2 aromatic rings. The SMILES string of the molecule is CCOC(=O)c1cc(C(=O)N2CCN(Cc3ccc(F)cc3Cl)CC2)cc([N+](=O)[O-])c1. The van der Waals surface area contributed by atoms with E-state index in [-0.39, 0.29) is 23.4 Å². The van der Waals surface area contributed by atoms with Gasteiger partial charge in [0.05, 0.1) is 17.1 Å². The van der Waals surface area contributed by atoms with Gasteiger partial charge in [-0.2, -0.15) is 0 Å². The van der Waals surface area contributed by atoms with Crippen LogP contribution >= 0.6 is 11.6 Å². The summed E-state index contributed by atoms with van der Waals surface area (Å²) in [4.78, 5) is 39.2. The molecule has 8 nitrogen and oxygen atoms in total. The number of benzene rings is 2. The molecule has 0 aromatic heterocycles. The summed E-state index contributed by atoms with van der Waals surface area (Å²) in [6.07, 6.45) is 0. The van der Waals surface area contributed by atoms with Gasteiger partial charge >= 0.3 is 5.97 Å². The Morgan fingerprint density at radius 1 is 1.13 bits per heavy atom. The molecule has 1 aliphatic rings. The highest BCUT2D eigenvalue weighted by molar-refractivity contribution is 6.31. The molecule has 0 bridgehead atoms. The molecule has 1 saturated heterocycles. The van der Waals surface area contributed by atoms with E-state index in [0.717, 1.165) is 17.7 Å². The second-order valence-corrected chi connectivity index (χ2v) is 7.46. The van der Waals surface area contributed by atoms with E-state index in [0.29, 0.717) is 37.7 Å². The summed E-state index contributed by atoms with van der Waals surface area (Å²) in [6.45, 7) is 4.16. The first-order valence-corrected chi connectivity index (χ1v) is 10.1. The van der Waals surface area contributed by atoms with Crippen LogP contribution in [0, 0.1) is 15.9 Å². The Hall–Kier alpha value is -3.04. The molecule has 1 fully saturated rings. The van der Waals surface area contributed by atoms with E-state index in [2.05, 4.69) is 4.90 Å². The zero-order valence-electron chi connectivity index (χ0n) is 16.8. The lowest BCUT2D eigenvalue weighted by Gasteiger charge is -2.35. The van der Waals surface area contributed by atoms with Crippen molar-refractivity contribution in [3.05, 3.63) is 74.0 Å². The summed E-state index contributed by atoms with van der Waals surface area (Å²) >= 11 is 6.09. The number of esters is 1. The fourth-order valence-corrected chi connectivity index (χ4v) is 3.58. The summed E-state index contributed by atoms with van der Waals surface area (Å²) in [5, 5.41) is 11.6. The molecule has 0 radical (unpaired) electrons. The maximum absolute atomic E-state index is 13.2. The lowest BCUT2D eigenvalue weighted by Crippen LogP contribution is -2.48. The minimum absolute atomic E-state index is 0.0380. The third kappa shape index (κ3) is 5.56. The van der Waals surface area contributed by atoms with Gasteiger partial charge in [-0.25, -0.2) is 9.18 Å². The molecule has 0 atom stereocenters. The van der Waals surface area contributed by atoms with Crippen LogP contribution in [-0.2, 0) is 11.3 Å². The Kier molecular flexibility index (Phi) is 7.19. The molecule has 2 aromatic carbocycles.